The van der Waals surface area contributed by atoms with Crippen LogP contribution in [0.1, 0.15) is 69.1 Å². The fourth-order valence-corrected chi connectivity index (χ4v) is 6.75. The van der Waals surface area contributed by atoms with E-state index in [9.17, 15) is 38.7 Å². The number of alkyl carbamates (subject to hydrolysis) is 1. The standard InChI is InChI=1S/C43H55N7O9/c1-26(2)21-35(40(54)49-34(42(56)57)19-11-12-20-44)50-41(55)36(22-28-13-5-4-6-14-28)48-38(52)24-45-37(51)23-46-39(53)27(3)47-43(58)59-25-33-31-17-9-7-15-29(31)30-16-8-10-18-32(30)33/h4-10,13-18,26-27,33-36H,11-12,19-25,44H2,1-3H3,(H,45,51)(H,46,53)(H,47,58)(H,48,52)(H,49,54)(H,50,55)(H,56,57)/t27-,34-,35-,36-/m0/s1. The molecule has 1 aliphatic rings. The van der Waals surface area contributed by atoms with E-state index < -0.39 is 78.9 Å². The molecule has 0 bridgehead atoms. The summed E-state index contributed by atoms with van der Waals surface area (Å²) in [6.07, 6.45) is 0.681. The first-order chi connectivity index (χ1) is 28.3. The highest BCUT2D eigenvalue weighted by atomic mass is 16.5. The number of carboxylic acids is 1. The first-order valence-electron chi connectivity index (χ1n) is 19.8. The number of fused-ring (bicyclic) bond motifs is 3. The molecule has 0 spiro atoms. The van der Waals surface area contributed by atoms with Gasteiger partial charge < -0.3 is 47.5 Å². The Hall–Kier alpha value is -6.29. The lowest BCUT2D eigenvalue weighted by Gasteiger charge is -2.25. The molecular formula is C43H55N7O9. The van der Waals surface area contributed by atoms with Gasteiger partial charge in [0.05, 0.1) is 13.1 Å². The minimum atomic E-state index is -1.21. The third kappa shape index (κ3) is 13.9. The van der Waals surface area contributed by atoms with Gasteiger partial charge >= 0.3 is 12.1 Å². The maximum absolute atomic E-state index is 13.7. The molecule has 59 heavy (non-hydrogen) atoms. The van der Waals surface area contributed by atoms with Crippen molar-refractivity contribution in [3.8, 4) is 11.1 Å². The molecule has 4 atom stereocenters. The molecule has 4 rings (SSSR count). The summed E-state index contributed by atoms with van der Waals surface area (Å²) in [5, 5.41) is 24.8. The van der Waals surface area contributed by atoms with Crippen molar-refractivity contribution in [1.82, 2.24) is 31.9 Å². The molecule has 3 aromatic rings. The summed E-state index contributed by atoms with van der Waals surface area (Å²) >= 11 is 0. The van der Waals surface area contributed by atoms with Crippen molar-refractivity contribution in [3.63, 3.8) is 0 Å². The summed E-state index contributed by atoms with van der Waals surface area (Å²) in [5.74, 6) is -4.88. The number of benzene rings is 3. The summed E-state index contributed by atoms with van der Waals surface area (Å²) in [4.78, 5) is 89.8. The number of nitrogens with one attached hydrogen (secondary N) is 6. The zero-order valence-electron chi connectivity index (χ0n) is 33.6. The number of hydrogen-bond acceptors (Lipinski definition) is 9. The van der Waals surface area contributed by atoms with Gasteiger partial charge in [-0.3, -0.25) is 24.0 Å². The molecule has 0 saturated carbocycles. The van der Waals surface area contributed by atoms with Crippen molar-refractivity contribution in [2.45, 2.75) is 83.0 Å². The average Bonchev–Trinajstić information content (AvgIpc) is 3.53. The zero-order chi connectivity index (χ0) is 42.9. The van der Waals surface area contributed by atoms with Crippen molar-refractivity contribution in [2.24, 2.45) is 11.7 Å². The number of aliphatic carboxylic acids is 1. The lowest BCUT2D eigenvalue weighted by atomic mass is 9.98. The smallest absolute Gasteiger partial charge is 0.407 e. The van der Waals surface area contributed by atoms with E-state index in [0.29, 0.717) is 24.9 Å². The third-order valence-corrected chi connectivity index (χ3v) is 9.78. The molecule has 0 saturated heterocycles. The highest BCUT2D eigenvalue weighted by Crippen LogP contribution is 2.44. The van der Waals surface area contributed by atoms with Gasteiger partial charge in [-0.1, -0.05) is 92.7 Å². The number of hydrogen-bond donors (Lipinski definition) is 8. The van der Waals surface area contributed by atoms with Gasteiger partial charge in [0.1, 0.15) is 30.8 Å². The highest BCUT2D eigenvalue weighted by Gasteiger charge is 2.31. The number of nitrogens with two attached hydrogens (primary N) is 1. The van der Waals surface area contributed by atoms with Gasteiger partial charge in [0.15, 0.2) is 0 Å². The molecule has 0 fully saturated rings. The maximum Gasteiger partial charge on any atom is 0.407 e. The van der Waals surface area contributed by atoms with Crippen LogP contribution in [0.5, 0.6) is 0 Å². The Bertz CT molecular complexity index is 1900. The number of carboxylic acid groups (broad SMARTS) is 1. The van der Waals surface area contributed by atoms with E-state index in [4.69, 9.17) is 10.5 Å². The van der Waals surface area contributed by atoms with Gasteiger partial charge in [0.2, 0.25) is 29.5 Å². The van der Waals surface area contributed by atoms with Crippen LogP contribution in [0.2, 0.25) is 0 Å². The maximum atomic E-state index is 13.7. The van der Waals surface area contributed by atoms with Gasteiger partial charge in [-0.25, -0.2) is 9.59 Å². The van der Waals surface area contributed by atoms with Crippen LogP contribution >= 0.6 is 0 Å². The molecule has 16 heteroatoms. The Kier molecular flexibility index (Phi) is 17.4. The van der Waals surface area contributed by atoms with Gasteiger partial charge in [-0.15, -0.1) is 0 Å². The largest absolute Gasteiger partial charge is 0.480 e. The van der Waals surface area contributed by atoms with Crippen LogP contribution in [0.15, 0.2) is 78.9 Å². The minimum absolute atomic E-state index is 0.0455. The van der Waals surface area contributed by atoms with Crippen LogP contribution in [0, 0.1) is 5.92 Å². The molecule has 1 aliphatic carbocycles. The van der Waals surface area contributed by atoms with Crippen molar-refractivity contribution in [3.05, 3.63) is 95.6 Å². The first-order valence-corrected chi connectivity index (χ1v) is 19.8. The van der Waals surface area contributed by atoms with Crippen molar-refractivity contribution in [1.29, 1.82) is 0 Å². The number of unbranched alkanes of at least 4 members (excludes halogenated alkanes) is 1. The fraction of sp³-hybridized carbons (Fsp3) is 0.419. The van der Waals surface area contributed by atoms with Gasteiger partial charge in [-0.2, -0.15) is 0 Å². The molecule has 0 radical (unpaired) electrons. The second-order valence-electron chi connectivity index (χ2n) is 14.9. The fourth-order valence-electron chi connectivity index (χ4n) is 6.75. The van der Waals surface area contributed by atoms with Crippen LogP contribution in [0.4, 0.5) is 4.79 Å². The second kappa shape index (κ2) is 22.6. The number of carbonyl (C=O) groups excluding carboxylic acids is 6. The Balaban J connectivity index is 1.26. The van der Waals surface area contributed by atoms with Gasteiger partial charge in [0.25, 0.3) is 0 Å². The monoisotopic (exact) mass is 813 g/mol. The summed E-state index contributed by atoms with van der Waals surface area (Å²) in [6, 6.07) is 20.1. The topological polar surface area (TPSA) is 247 Å². The third-order valence-electron chi connectivity index (χ3n) is 9.78. The van der Waals surface area contributed by atoms with E-state index in [1.807, 2.05) is 62.4 Å². The number of ether oxygens (including phenoxy) is 1. The quantitative estimate of drug-likeness (QED) is 0.0687. The van der Waals surface area contributed by atoms with Crippen LogP contribution in [0.25, 0.3) is 11.1 Å². The van der Waals surface area contributed by atoms with Crippen molar-refractivity contribution < 1.29 is 43.4 Å². The Morgan fingerprint density at radius 2 is 1.24 bits per heavy atom. The number of amides is 6. The Morgan fingerprint density at radius 1 is 0.661 bits per heavy atom. The van der Waals surface area contributed by atoms with E-state index in [2.05, 4.69) is 31.9 Å². The second-order valence-corrected chi connectivity index (χ2v) is 14.9. The SMILES string of the molecule is CC(C)C[C@H](NC(=O)[C@H](Cc1ccccc1)NC(=O)CNC(=O)CNC(=O)[C@H](C)NC(=O)OCC1c2ccccc2-c2ccccc21)C(=O)N[C@@H](CCCCN)C(=O)O. The summed E-state index contributed by atoms with van der Waals surface area (Å²) in [7, 11) is 0. The molecule has 9 N–H and O–H groups in total. The van der Waals surface area contributed by atoms with Gasteiger partial charge in [0, 0.05) is 12.3 Å². The predicted octanol–water partition coefficient (Wildman–Crippen LogP) is 2.10. The highest BCUT2D eigenvalue weighted by molar-refractivity contribution is 5.95. The van der Waals surface area contributed by atoms with E-state index in [1.54, 1.807) is 30.3 Å². The normalized spacial score (nSPS) is 13.7. The summed E-state index contributed by atoms with van der Waals surface area (Å²) < 4.78 is 5.50. The molecule has 316 valence electrons. The lowest BCUT2D eigenvalue weighted by molar-refractivity contribution is -0.142. The van der Waals surface area contributed by atoms with Gasteiger partial charge in [-0.05, 0) is 72.9 Å². The van der Waals surface area contributed by atoms with Crippen LogP contribution in [0.3, 0.4) is 0 Å². The van der Waals surface area contributed by atoms with E-state index in [1.165, 1.54) is 6.92 Å². The lowest BCUT2D eigenvalue weighted by Crippen LogP contribution is -2.57. The molecule has 0 heterocycles. The first kappa shape index (κ1) is 45.4. The van der Waals surface area contributed by atoms with E-state index in [-0.39, 0.29) is 37.7 Å². The van der Waals surface area contributed by atoms with E-state index >= 15 is 0 Å². The summed E-state index contributed by atoms with van der Waals surface area (Å²) in [6.45, 7) is 4.52. The molecule has 16 nitrogen and oxygen atoms in total. The number of rotatable bonds is 22. The minimum Gasteiger partial charge on any atom is -0.480 e. The Labute approximate surface area is 343 Å². The van der Waals surface area contributed by atoms with Crippen molar-refractivity contribution >= 4 is 41.6 Å². The van der Waals surface area contributed by atoms with Crippen LogP contribution in [-0.2, 0) is 39.9 Å². The molecule has 6 amide bonds. The van der Waals surface area contributed by atoms with Crippen LogP contribution < -0.4 is 37.6 Å². The molecule has 3 aromatic carbocycles. The average molecular weight is 814 g/mol. The van der Waals surface area contributed by atoms with Crippen LogP contribution in [-0.4, -0.2) is 97.1 Å². The molecule has 0 aliphatic heterocycles. The number of carbonyl (C=O) groups is 7. The zero-order valence-corrected chi connectivity index (χ0v) is 33.6. The molecular weight excluding hydrogens is 759 g/mol. The van der Waals surface area contributed by atoms with Crippen molar-refractivity contribution in [2.75, 3.05) is 26.2 Å². The molecule has 0 unspecified atom stereocenters. The summed E-state index contributed by atoms with van der Waals surface area (Å²) in [5.41, 5.74) is 10.5. The Morgan fingerprint density at radius 3 is 1.85 bits per heavy atom. The molecule has 0 aromatic heterocycles. The van der Waals surface area contributed by atoms with E-state index in [0.717, 1.165) is 22.3 Å². The predicted molar refractivity (Wildman–Crippen MR) is 220 cm³/mol.